The van der Waals surface area contributed by atoms with Crippen molar-refractivity contribution in [1.29, 1.82) is 0 Å². The van der Waals surface area contributed by atoms with Crippen LogP contribution >= 0.6 is 0 Å². The molecule has 3 heterocycles. The summed E-state index contributed by atoms with van der Waals surface area (Å²) in [6, 6.07) is 2.54. The number of urea groups is 1. The molecule has 8 nitrogen and oxygen atoms in total. The van der Waals surface area contributed by atoms with Gasteiger partial charge >= 0.3 is 6.03 Å². The van der Waals surface area contributed by atoms with Crippen LogP contribution in [0.4, 0.5) is 19.3 Å². The number of carbonyl (C=O) groups is 1. The number of aromatic nitrogens is 2. The number of hydrogen-bond donors (Lipinski definition) is 1. The molecular weight excluding hydrogens is 410 g/mol. The quantitative estimate of drug-likeness (QED) is 0.771. The first-order valence-corrected chi connectivity index (χ1v) is 10.4. The SMILES string of the molecule is COCc1nc(CC2CCOC3(CCN(C(=O)Nc4cc(F)ccc4F)CC3)C2)no1. The topological polar surface area (TPSA) is 89.7 Å². The van der Waals surface area contributed by atoms with E-state index < -0.39 is 17.7 Å². The molecule has 1 aromatic heterocycles. The van der Waals surface area contributed by atoms with Crippen molar-refractivity contribution in [3.63, 3.8) is 0 Å². The maximum Gasteiger partial charge on any atom is 0.321 e. The van der Waals surface area contributed by atoms with Crippen molar-refractivity contribution < 1.29 is 27.6 Å². The molecule has 168 valence electrons. The van der Waals surface area contributed by atoms with Crippen molar-refractivity contribution in [3.05, 3.63) is 41.5 Å². The largest absolute Gasteiger partial charge is 0.375 e. The molecule has 2 amide bonds. The summed E-state index contributed by atoms with van der Waals surface area (Å²) in [5.74, 6) is 0.226. The van der Waals surface area contributed by atoms with Crippen LogP contribution in [-0.4, -0.2) is 53.5 Å². The van der Waals surface area contributed by atoms with Crippen LogP contribution in [-0.2, 0) is 22.5 Å². The Morgan fingerprint density at radius 3 is 2.94 bits per heavy atom. The van der Waals surface area contributed by atoms with E-state index in [-0.39, 0.29) is 11.3 Å². The lowest BCUT2D eigenvalue weighted by atomic mass is 9.78. The lowest BCUT2D eigenvalue weighted by Gasteiger charge is -2.46. The molecular formula is C21H26F2N4O4. The third-order valence-electron chi connectivity index (χ3n) is 5.98. The number of hydrogen-bond acceptors (Lipinski definition) is 6. The van der Waals surface area contributed by atoms with Crippen LogP contribution in [0, 0.1) is 17.6 Å². The van der Waals surface area contributed by atoms with E-state index >= 15 is 0 Å². The Balaban J connectivity index is 1.31. The number of ether oxygens (including phenoxy) is 2. The number of anilines is 1. The van der Waals surface area contributed by atoms with Gasteiger partial charge in [0.25, 0.3) is 5.89 Å². The Morgan fingerprint density at radius 1 is 1.35 bits per heavy atom. The van der Waals surface area contributed by atoms with Crippen LogP contribution in [0.25, 0.3) is 0 Å². The number of nitrogens with zero attached hydrogens (tertiary/aromatic N) is 3. The van der Waals surface area contributed by atoms with Crippen LogP contribution < -0.4 is 5.32 Å². The van der Waals surface area contributed by atoms with E-state index in [1.807, 2.05) is 0 Å². The Kier molecular flexibility index (Phi) is 6.47. The Hall–Kier alpha value is -2.59. The van der Waals surface area contributed by atoms with Gasteiger partial charge in [-0.2, -0.15) is 4.98 Å². The van der Waals surface area contributed by atoms with Gasteiger partial charge in [-0.25, -0.2) is 13.6 Å². The van der Waals surface area contributed by atoms with Gasteiger partial charge in [-0.05, 0) is 43.7 Å². The predicted molar refractivity (Wildman–Crippen MR) is 106 cm³/mol. The fraction of sp³-hybridized carbons (Fsp3) is 0.571. The number of rotatable bonds is 5. The van der Waals surface area contributed by atoms with E-state index in [9.17, 15) is 13.6 Å². The molecule has 0 aliphatic carbocycles. The molecule has 0 bridgehead atoms. The number of amides is 2. The molecule has 1 unspecified atom stereocenters. The van der Waals surface area contributed by atoms with Crippen molar-refractivity contribution >= 4 is 11.7 Å². The Morgan fingerprint density at radius 2 is 2.16 bits per heavy atom. The first kappa shape index (κ1) is 21.6. The molecule has 0 radical (unpaired) electrons. The van der Waals surface area contributed by atoms with Gasteiger partial charge in [0, 0.05) is 39.3 Å². The second-order valence-corrected chi connectivity index (χ2v) is 8.17. The molecule has 0 saturated carbocycles. The van der Waals surface area contributed by atoms with Crippen LogP contribution in [0.1, 0.15) is 37.4 Å². The maximum atomic E-state index is 13.8. The van der Waals surface area contributed by atoms with E-state index in [0.717, 1.165) is 31.0 Å². The fourth-order valence-electron chi connectivity index (χ4n) is 4.37. The zero-order chi connectivity index (χ0) is 21.8. The van der Waals surface area contributed by atoms with Gasteiger partial charge < -0.3 is 24.2 Å². The third kappa shape index (κ3) is 5.19. The summed E-state index contributed by atoms with van der Waals surface area (Å²) >= 11 is 0. The molecule has 4 rings (SSSR count). The third-order valence-corrected chi connectivity index (χ3v) is 5.98. The molecule has 1 spiro atoms. The first-order chi connectivity index (χ1) is 15.0. The monoisotopic (exact) mass is 436 g/mol. The molecule has 2 saturated heterocycles. The number of nitrogens with one attached hydrogen (secondary N) is 1. The Labute approximate surface area is 178 Å². The van der Waals surface area contributed by atoms with E-state index in [4.69, 9.17) is 14.0 Å². The summed E-state index contributed by atoms with van der Waals surface area (Å²) in [7, 11) is 1.58. The fourth-order valence-corrected chi connectivity index (χ4v) is 4.37. The van der Waals surface area contributed by atoms with Gasteiger partial charge in [0.2, 0.25) is 0 Å². The summed E-state index contributed by atoms with van der Waals surface area (Å²) in [6.07, 6.45) is 3.85. The minimum Gasteiger partial charge on any atom is -0.375 e. The van der Waals surface area contributed by atoms with Crippen LogP contribution in [0.2, 0.25) is 0 Å². The van der Waals surface area contributed by atoms with Gasteiger partial charge in [0.1, 0.15) is 18.2 Å². The number of methoxy groups -OCH3 is 1. The second kappa shape index (κ2) is 9.27. The standard InChI is InChI=1S/C21H26F2N4O4/c1-29-13-19-25-18(26-31-19)10-14-4-9-30-21(12-14)5-7-27(8-6-21)20(28)24-17-11-15(22)2-3-16(17)23/h2-3,11,14H,4-10,12-13H2,1H3,(H,24,28). The minimum absolute atomic E-state index is 0.160. The van der Waals surface area contributed by atoms with Crippen molar-refractivity contribution in [1.82, 2.24) is 15.0 Å². The van der Waals surface area contributed by atoms with Crippen molar-refractivity contribution in [2.45, 2.75) is 44.3 Å². The average molecular weight is 436 g/mol. The number of piperidine rings is 1. The zero-order valence-corrected chi connectivity index (χ0v) is 17.4. The summed E-state index contributed by atoms with van der Waals surface area (Å²) in [5.41, 5.74) is -0.449. The van der Waals surface area contributed by atoms with Crippen LogP contribution in [0.3, 0.4) is 0 Å². The van der Waals surface area contributed by atoms with Crippen LogP contribution in [0.15, 0.2) is 22.7 Å². The lowest BCUT2D eigenvalue weighted by molar-refractivity contribution is -0.122. The second-order valence-electron chi connectivity index (χ2n) is 8.17. The average Bonchev–Trinajstić information content (AvgIpc) is 3.18. The van der Waals surface area contributed by atoms with Gasteiger partial charge in [-0.3, -0.25) is 0 Å². The molecule has 1 atom stereocenters. The van der Waals surface area contributed by atoms with Crippen molar-refractivity contribution in [2.24, 2.45) is 5.92 Å². The molecule has 2 aromatic rings. The summed E-state index contributed by atoms with van der Waals surface area (Å²) in [4.78, 5) is 18.5. The smallest absolute Gasteiger partial charge is 0.321 e. The highest BCUT2D eigenvalue weighted by atomic mass is 19.1. The van der Waals surface area contributed by atoms with Gasteiger partial charge in [0.15, 0.2) is 5.82 Å². The van der Waals surface area contributed by atoms with E-state index in [1.165, 1.54) is 0 Å². The zero-order valence-electron chi connectivity index (χ0n) is 17.4. The molecule has 31 heavy (non-hydrogen) atoms. The number of benzene rings is 1. The molecule has 1 aromatic carbocycles. The molecule has 2 aliphatic heterocycles. The lowest BCUT2D eigenvalue weighted by Crippen LogP contribution is -2.51. The van der Waals surface area contributed by atoms with Gasteiger partial charge in [-0.1, -0.05) is 5.16 Å². The highest BCUT2D eigenvalue weighted by molar-refractivity contribution is 5.89. The molecule has 2 aliphatic rings. The maximum absolute atomic E-state index is 13.8. The number of halogens is 2. The van der Waals surface area contributed by atoms with E-state index in [1.54, 1.807) is 12.0 Å². The van der Waals surface area contributed by atoms with E-state index in [0.29, 0.717) is 63.2 Å². The summed E-state index contributed by atoms with van der Waals surface area (Å²) in [5, 5.41) is 6.49. The highest BCUT2D eigenvalue weighted by Crippen LogP contribution is 2.38. The highest BCUT2D eigenvalue weighted by Gasteiger charge is 2.41. The molecule has 2 fully saturated rings. The van der Waals surface area contributed by atoms with Gasteiger partial charge in [0.05, 0.1) is 11.3 Å². The normalized spacial score (nSPS) is 20.7. The predicted octanol–water partition coefficient (Wildman–Crippen LogP) is 3.53. The van der Waals surface area contributed by atoms with Crippen LogP contribution in [0.5, 0.6) is 0 Å². The van der Waals surface area contributed by atoms with Gasteiger partial charge in [-0.15, -0.1) is 0 Å². The van der Waals surface area contributed by atoms with Crippen molar-refractivity contribution in [2.75, 3.05) is 32.1 Å². The minimum atomic E-state index is -0.670. The van der Waals surface area contributed by atoms with E-state index in [2.05, 4.69) is 15.5 Å². The summed E-state index contributed by atoms with van der Waals surface area (Å²) < 4.78 is 43.5. The number of carbonyl (C=O) groups excluding carboxylic acids is 1. The van der Waals surface area contributed by atoms with Crippen molar-refractivity contribution in [3.8, 4) is 0 Å². The summed E-state index contributed by atoms with van der Waals surface area (Å²) in [6.45, 7) is 1.90. The number of likely N-dealkylation sites (tertiary alicyclic amines) is 1. The first-order valence-electron chi connectivity index (χ1n) is 10.4. The molecule has 1 N–H and O–H groups in total. The molecule has 10 heteroatoms. The Bertz CT molecular complexity index is 915.